The van der Waals surface area contributed by atoms with E-state index in [9.17, 15) is 4.79 Å². The fourth-order valence-corrected chi connectivity index (χ4v) is 0.413. The second kappa shape index (κ2) is 3.69. The minimum Gasteiger partial charge on any atom is -0.462 e. The standard InChI is InChI=1S/C7H15NO3/c1-5(2)11-6(10)7(3,8)4-9/h5,9H,4,8H2,1-3H3. The van der Waals surface area contributed by atoms with Crippen LogP contribution in [-0.4, -0.2) is 29.3 Å². The highest BCUT2D eigenvalue weighted by atomic mass is 16.5. The van der Waals surface area contributed by atoms with Crippen LogP contribution in [0, 0.1) is 0 Å². The Bertz CT molecular complexity index is 143. The van der Waals surface area contributed by atoms with Gasteiger partial charge < -0.3 is 15.6 Å². The van der Waals surface area contributed by atoms with E-state index in [2.05, 4.69) is 0 Å². The Labute approximate surface area is 66.3 Å². The predicted octanol–water partition coefficient (Wildman–Crippen LogP) is -0.352. The molecule has 11 heavy (non-hydrogen) atoms. The number of esters is 1. The lowest BCUT2D eigenvalue weighted by molar-refractivity contribution is -0.154. The quantitative estimate of drug-likeness (QED) is 0.555. The molecular formula is C7H15NO3. The van der Waals surface area contributed by atoms with Crippen LogP contribution in [0.5, 0.6) is 0 Å². The maximum absolute atomic E-state index is 11.0. The predicted molar refractivity (Wildman–Crippen MR) is 40.9 cm³/mol. The van der Waals surface area contributed by atoms with Crippen LogP contribution < -0.4 is 5.73 Å². The van der Waals surface area contributed by atoms with E-state index in [-0.39, 0.29) is 6.10 Å². The van der Waals surface area contributed by atoms with Crippen LogP contribution in [0.4, 0.5) is 0 Å². The van der Waals surface area contributed by atoms with Crippen molar-refractivity contribution in [1.82, 2.24) is 0 Å². The van der Waals surface area contributed by atoms with Gasteiger partial charge in [-0.15, -0.1) is 0 Å². The van der Waals surface area contributed by atoms with E-state index in [4.69, 9.17) is 15.6 Å². The summed E-state index contributed by atoms with van der Waals surface area (Å²) in [5.74, 6) is -0.574. The molecule has 4 nitrogen and oxygen atoms in total. The number of carbonyl (C=O) groups excluding carboxylic acids is 1. The van der Waals surface area contributed by atoms with Gasteiger partial charge in [-0.05, 0) is 20.8 Å². The van der Waals surface area contributed by atoms with Crippen molar-refractivity contribution in [2.75, 3.05) is 6.61 Å². The van der Waals surface area contributed by atoms with Crippen molar-refractivity contribution in [1.29, 1.82) is 0 Å². The van der Waals surface area contributed by atoms with Gasteiger partial charge in [0, 0.05) is 0 Å². The number of hydrogen-bond acceptors (Lipinski definition) is 4. The number of carbonyl (C=O) groups is 1. The molecule has 3 N–H and O–H groups in total. The van der Waals surface area contributed by atoms with Crippen molar-refractivity contribution in [3.8, 4) is 0 Å². The molecule has 0 aromatic heterocycles. The van der Waals surface area contributed by atoms with Gasteiger partial charge in [-0.25, -0.2) is 4.79 Å². The van der Waals surface area contributed by atoms with Crippen molar-refractivity contribution in [2.24, 2.45) is 5.73 Å². The van der Waals surface area contributed by atoms with E-state index < -0.39 is 18.1 Å². The van der Waals surface area contributed by atoms with E-state index >= 15 is 0 Å². The van der Waals surface area contributed by atoms with Crippen LogP contribution in [0.25, 0.3) is 0 Å². The van der Waals surface area contributed by atoms with Gasteiger partial charge in [0.2, 0.25) is 0 Å². The van der Waals surface area contributed by atoms with Crippen LogP contribution in [-0.2, 0) is 9.53 Å². The van der Waals surface area contributed by atoms with Gasteiger partial charge in [-0.1, -0.05) is 0 Å². The average molecular weight is 161 g/mol. The Morgan fingerprint density at radius 3 is 2.45 bits per heavy atom. The highest BCUT2D eigenvalue weighted by Crippen LogP contribution is 2.02. The van der Waals surface area contributed by atoms with Gasteiger partial charge in [-0.2, -0.15) is 0 Å². The van der Waals surface area contributed by atoms with Gasteiger partial charge in [-0.3, -0.25) is 0 Å². The molecule has 0 saturated carbocycles. The first-order chi connectivity index (χ1) is 4.90. The molecule has 0 heterocycles. The van der Waals surface area contributed by atoms with Crippen molar-refractivity contribution in [3.05, 3.63) is 0 Å². The topological polar surface area (TPSA) is 72.5 Å². The molecular weight excluding hydrogens is 146 g/mol. The van der Waals surface area contributed by atoms with Crippen molar-refractivity contribution in [2.45, 2.75) is 32.4 Å². The summed E-state index contributed by atoms with van der Waals surface area (Å²) in [6.07, 6.45) is -0.197. The SMILES string of the molecule is CC(C)OC(=O)C(C)(N)CO. The number of aliphatic hydroxyl groups is 1. The first-order valence-corrected chi connectivity index (χ1v) is 3.51. The molecule has 1 atom stereocenters. The van der Waals surface area contributed by atoms with Crippen LogP contribution in [0.15, 0.2) is 0 Å². The van der Waals surface area contributed by atoms with Crippen molar-refractivity contribution in [3.63, 3.8) is 0 Å². The molecule has 0 radical (unpaired) electrons. The molecule has 0 aliphatic rings. The maximum Gasteiger partial charge on any atom is 0.328 e. The zero-order valence-electron chi connectivity index (χ0n) is 7.13. The van der Waals surface area contributed by atoms with E-state index in [1.54, 1.807) is 13.8 Å². The average Bonchev–Trinajstić information content (AvgIpc) is 1.86. The number of rotatable bonds is 3. The summed E-state index contributed by atoms with van der Waals surface area (Å²) in [5.41, 5.74) is 4.11. The third-order valence-corrected chi connectivity index (χ3v) is 1.14. The molecule has 0 bridgehead atoms. The third kappa shape index (κ3) is 3.34. The number of aliphatic hydroxyl groups excluding tert-OH is 1. The second-order valence-electron chi connectivity index (χ2n) is 3.03. The van der Waals surface area contributed by atoms with Gasteiger partial charge in [0.05, 0.1) is 12.7 Å². The Morgan fingerprint density at radius 1 is 1.73 bits per heavy atom. The van der Waals surface area contributed by atoms with Gasteiger partial charge in [0.25, 0.3) is 0 Å². The molecule has 0 spiro atoms. The summed E-state index contributed by atoms with van der Waals surface area (Å²) in [7, 11) is 0. The monoisotopic (exact) mass is 161 g/mol. The Morgan fingerprint density at radius 2 is 2.18 bits per heavy atom. The zero-order chi connectivity index (χ0) is 9.07. The van der Waals surface area contributed by atoms with Gasteiger partial charge >= 0.3 is 5.97 Å². The smallest absolute Gasteiger partial charge is 0.328 e. The van der Waals surface area contributed by atoms with Crippen LogP contribution in [0.3, 0.4) is 0 Å². The van der Waals surface area contributed by atoms with E-state index in [0.717, 1.165) is 0 Å². The number of hydrogen-bond donors (Lipinski definition) is 2. The molecule has 0 fully saturated rings. The van der Waals surface area contributed by atoms with E-state index in [1.165, 1.54) is 6.92 Å². The van der Waals surface area contributed by atoms with Gasteiger partial charge in [0.1, 0.15) is 5.54 Å². The minimum atomic E-state index is -1.27. The largest absolute Gasteiger partial charge is 0.462 e. The molecule has 0 amide bonds. The maximum atomic E-state index is 11.0. The summed E-state index contributed by atoms with van der Waals surface area (Å²) in [4.78, 5) is 11.0. The number of nitrogens with two attached hydrogens (primary N) is 1. The molecule has 0 aromatic carbocycles. The van der Waals surface area contributed by atoms with Crippen LogP contribution in [0.2, 0.25) is 0 Å². The highest BCUT2D eigenvalue weighted by molar-refractivity contribution is 5.80. The van der Waals surface area contributed by atoms with Crippen molar-refractivity contribution >= 4 is 5.97 Å². The molecule has 0 aromatic rings. The third-order valence-electron chi connectivity index (χ3n) is 1.14. The lowest BCUT2D eigenvalue weighted by atomic mass is 10.1. The molecule has 1 unspecified atom stereocenters. The normalized spacial score (nSPS) is 16.2. The Kier molecular flexibility index (Phi) is 3.48. The second-order valence-corrected chi connectivity index (χ2v) is 3.03. The summed E-state index contributed by atoms with van der Waals surface area (Å²) < 4.78 is 4.78. The molecule has 0 rings (SSSR count). The van der Waals surface area contributed by atoms with E-state index in [0.29, 0.717) is 0 Å². The Hall–Kier alpha value is -0.610. The lowest BCUT2D eigenvalue weighted by Gasteiger charge is -2.20. The van der Waals surface area contributed by atoms with Crippen LogP contribution >= 0.6 is 0 Å². The van der Waals surface area contributed by atoms with Crippen LogP contribution in [0.1, 0.15) is 20.8 Å². The summed E-state index contributed by atoms with van der Waals surface area (Å²) in [6.45, 7) is 4.48. The Balaban J connectivity index is 4.02. The molecule has 0 saturated heterocycles. The van der Waals surface area contributed by atoms with E-state index in [1.807, 2.05) is 0 Å². The first kappa shape index (κ1) is 10.4. The molecule has 0 aliphatic heterocycles. The fraction of sp³-hybridized carbons (Fsp3) is 0.857. The zero-order valence-corrected chi connectivity index (χ0v) is 7.13. The minimum absolute atomic E-state index is 0.197. The first-order valence-electron chi connectivity index (χ1n) is 3.51. The summed E-state index contributed by atoms with van der Waals surface area (Å²) >= 11 is 0. The fourth-order valence-electron chi connectivity index (χ4n) is 0.413. The number of ether oxygens (including phenoxy) is 1. The summed E-state index contributed by atoms with van der Waals surface area (Å²) in [6, 6.07) is 0. The summed E-state index contributed by atoms with van der Waals surface area (Å²) in [5, 5.41) is 8.65. The lowest BCUT2D eigenvalue weighted by Crippen LogP contribution is -2.50. The molecule has 4 heteroatoms. The van der Waals surface area contributed by atoms with Gasteiger partial charge in [0.15, 0.2) is 0 Å². The molecule has 0 aliphatic carbocycles. The highest BCUT2D eigenvalue weighted by Gasteiger charge is 2.29. The van der Waals surface area contributed by atoms with Crippen molar-refractivity contribution < 1.29 is 14.6 Å². The molecule has 66 valence electrons.